The minimum absolute atomic E-state index is 0.890. The fourth-order valence-electron chi connectivity index (χ4n) is 2.10. The van der Waals surface area contributed by atoms with Crippen LogP contribution in [-0.4, -0.2) is 16.1 Å². The fraction of sp³-hybridized carbons (Fsp3) is 0.200. The smallest absolute Gasteiger partial charge is 0.328 e. The van der Waals surface area contributed by atoms with Gasteiger partial charge in [0.05, 0.1) is 5.52 Å². The van der Waals surface area contributed by atoms with E-state index < -0.39 is 5.97 Å². The lowest BCUT2D eigenvalue weighted by molar-refractivity contribution is -0.131. The van der Waals surface area contributed by atoms with Crippen LogP contribution in [0.25, 0.3) is 17.0 Å². The van der Waals surface area contributed by atoms with Crippen molar-refractivity contribution < 1.29 is 9.90 Å². The van der Waals surface area contributed by atoms with E-state index in [0.29, 0.717) is 0 Å². The second kappa shape index (κ2) is 4.61. The summed E-state index contributed by atoms with van der Waals surface area (Å²) in [5, 5.41) is 9.76. The van der Waals surface area contributed by atoms with Crippen molar-refractivity contribution in [1.82, 2.24) is 4.98 Å². The maximum absolute atomic E-state index is 10.6. The molecule has 2 rings (SSSR count). The fourth-order valence-corrected chi connectivity index (χ4v) is 2.10. The molecule has 0 spiro atoms. The van der Waals surface area contributed by atoms with Gasteiger partial charge in [-0.15, -0.1) is 0 Å². The number of aliphatic carboxylic acids is 1. The Balaban J connectivity index is 2.79. The molecule has 92 valence electrons. The van der Waals surface area contributed by atoms with E-state index in [1.807, 2.05) is 39.0 Å². The van der Waals surface area contributed by atoms with Gasteiger partial charge in [-0.05, 0) is 49.6 Å². The van der Waals surface area contributed by atoms with Crippen LogP contribution in [0.15, 0.2) is 24.3 Å². The van der Waals surface area contributed by atoms with Crippen molar-refractivity contribution in [3.05, 3.63) is 46.7 Å². The molecule has 0 atom stereocenters. The van der Waals surface area contributed by atoms with Gasteiger partial charge < -0.3 is 5.11 Å². The molecule has 0 fully saturated rings. The number of benzene rings is 1. The first-order valence-electron chi connectivity index (χ1n) is 5.77. The number of pyridine rings is 1. The Hall–Kier alpha value is -2.16. The average Bonchev–Trinajstić information content (AvgIpc) is 2.30. The number of carboxylic acids is 1. The van der Waals surface area contributed by atoms with Crippen LogP contribution in [0.4, 0.5) is 0 Å². The van der Waals surface area contributed by atoms with Crippen LogP contribution in [0.3, 0.4) is 0 Å². The molecule has 3 heteroatoms. The summed E-state index contributed by atoms with van der Waals surface area (Å²) in [6.45, 7) is 5.94. The van der Waals surface area contributed by atoms with E-state index in [-0.39, 0.29) is 0 Å². The van der Waals surface area contributed by atoms with Crippen molar-refractivity contribution in [2.45, 2.75) is 20.8 Å². The Labute approximate surface area is 106 Å². The molecule has 1 N–H and O–H groups in total. The largest absolute Gasteiger partial charge is 0.478 e. The highest BCUT2D eigenvalue weighted by molar-refractivity contribution is 5.95. The second-order valence-corrected chi connectivity index (χ2v) is 4.45. The van der Waals surface area contributed by atoms with Gasteiger partial charge in [-0.2, -0.15) is 0 Å². The number of hydrogen-bond acceptors (Lipinski definition) is 2. The van der Waals surface area contributed by atoms with Gasteiger partial charge in [0.2, 0.25) is 0 Å². The molecule has 0 saturated carbocycles. The summed E-state index contributed by atoms with van der Waals surface area (Å²) in [7, 11) is 0. The summed E-state index contributed by atoms with van der Waals surface area (Å²) in [4.78, 5) is 15.2. The molecule has 0 aliphatic carbocycles. The molecule has 0 radical (unpaired) electrons. The van der Waals surface area contributed by atoms with Crippen molar-refractivity contribution in [2.75, 3.05) is 0 Å². The Morgan fingerprint density at radius 1 is 1.22 bits per heavy atom. The van der Waals surface area contributed by atoms with E-state index in [1.54, 1.807) is 6.08 Å². The summed E-state index contributed by atoms with van der Waals surface area (Å²) in [6, 6.07) is 5.98. The van der Waals surface area contributed by atoms with E-state index in [4.69, 9.17) is 5.11 Å². The van der Waals surface area contributed by atoms with Gasteiger partial charge in [-0.3, -0.25) is 4.98 Å². The van der Waals surface area contributed by atoms with Crippen LogP contribution in [0.2, 0.25) is 0 Å². The maximum atomic E-state index is 10.6. The number of rotatable bonds is 2. The molecule has 1 heterocycles. The highest BCUT2D eigenvalue weighted by atomic mass is 16.4. The third kappa shape index (κ3) is 2.25. The van der Waals surface area contributed by atoms with Gasteiger partial charge in [-0.1, -0.05) is 12.1 Å². The van der Waals surface area contributed by atoms with Crippen LogP contribution in [-0.2, 0) is 4.79 Å². The van der Waals surface area contributed by atoms with Crippen molar-refractivity contribution in [2.24, 2.45) is 0 Å². The topological polar surface area (TPSA) is 50.2 Å². The lowest BCUT2D eigenvalue weighted by Crippen LogP contribution is -1.93. The van der Waals surface area contributed by atoms with Gasteiger partial charge in [0.25, 0.3) is 0 Å². The molecule has 0 amide bonds. The number of carbonyl (C=O) groups is 1. The molecular weight excluding hydrogens is 226 g/mol. The van der Waals surface area contributed by atoms with E-state index in [9.17, 15) is 4.79 Å². The van der Waals surface area contributed by atoms with Crippen LogP contribution in [0.5, 0.6) is 0 Å². The molecule has 0 aliphatic rings. The second-order valence-electron chi connectivity index (χ2n) is 4.45. The molecule has 0 unspecified atom stereocenters. The number of carboxylic acid groups (broad SMARTS) is 1. The molecule has 2 aromatic rings. The normalized spacial score (nSPS) is 11.3. The first kappa shape index (κ1) is 12.3. The monoisotopic (exact) mass is 241 g/mol. The Morgan fingerprint density at radius 3 is 2.56 bits per heavy atom. The maximum Gasteiger partial charge on any atom is 0.328 e. The highest BCUT2D eigenvalue weighted by Crippen LogP contribution is 2.25. The van der Waals surface area contributed by atoms with Gasteiger partial charge in [0.1, 0.15) is 0 Å². The Bertz CT molecular complexity index is 657. The first-order chi connectivity index (χ1) is 8.49. The zero-order valence-electron chi connectivity index (χ0n) is 10.7. The van der Waals surface area contributed by atoms with Crippen molar-refractivity contribution in [3.8, 4) is 0 Å². The number of aryl methyl sites for hydroxylation is 3. The standard InChI is InChI=1S/C15H15NO2/c1-9-4-5-10(2)15-14(9)12(6-7-13(17)18)8-11(3)16-15/h4-8H,1-3H3,(H,17,18)/b7-6+. The average molecular weight is 241 g/mol. The number of nitrogens with zero attached hydrogens (tertiary/aromatic N) is 1. The summed E-state index contributed by atoms with van der Waals surface area (Å²) >= 11 is 0. The van der Waals surface area contributed by atoms with Gasteiger partial charge in [0.15, 0.2) is 0 Å². The van der Waals surface area contributed by atoms with Crippen LogP contribution < -0.4 is 0 Å². The number of fused-ring (bicyclic) bond motifs is 1. The summed E-state index contributed by atoms with van der Waals surface area (Å²) in [5.74, 6) is -0.942. The van der Waals surface area contributed by atoms with E-state index in [2.05, 4.69) is 4.98 Å². The van der Waals surface area contributed by atoms with Crippen molar-refractivity contribution in [1.29, 1.82) is 0 Å². The first-order valence-corrected chi connectivity index (χ1v) is 5.77. The lowest BCUT2D eigenvalue weighted by Gasteiger charge is -2.09. The Morgan fingerprint density at radius 2 is 1.89 bits per heavy atom. The van der Waals surface area contributed by atoms with Gasteiger partial charge in [0, 0.05) is 17.2 Å². The van der Waals surface area contributed by atoms with Crippen molar-refractivity contribution in [3.63, 3.8) is 0 Å². The molecule has 18 heavy (non-hydrogen) atoms. The number of aromatic nitrogens is 1. The molecule has 0 saturated heterocycles. The van der Waals surface area contributed by atoms with E-state index in [1.165, 1.54) is 0 Å². The molecule has 1 aromatic carbocycles. The predicted octanol–water partition coefficient (Wildman–Crippen LogP) is 3.26. The predicted molar refractivity (Wildman–Crippen MR) is 72.6 cm³/mol. The molecule has 1 aromatic heterocycles. The van der Waals surface area contributed by atoms with E-state index >= 15 is 0 Å². The number of hydrogen-bond donors (Lipinski definition) is 1. The SMILES string of the molecule is Cc1cc(/C=C/C(=O)O)c2c(C)ccc(C)c2n1. The van der Waals surface area contributed by atoms with Crippen LogP contribution in [0.1, 0.15) is 22.4 Å². The van der Waals surface area contributed by atoms with Gasteiger partial charge >= 0.3 is 5.97 Å². The van der Waals surface area contributed by atoms with Crippen molar-refractivity contribution >= 4 is 22.9 Å². The highest BCUT2D eigenvalue weighted by Gasteiger charge is 2.07. The minimum atomic E-state index is -0.942. The summed E-state index contributed by atoms with van der Waals surface area (Å²) in [5.41, 5.74) is 4.94. The van der Waals surface area contributed by atoms with Crippen LogP contribution in [0, 0.1) is 20.8 Å². The zero-order chi connectivity index (χ0) is 13.3. The quantitative estimate of drug-likeness (QED) is 0.821. The molecular formula is C15H15NO2. The molecule has 0 bridgehead atoms. The van der Waals surface area contributed by atoms with Gasteiger partial charge in [-0.25, -0.2) is 4.79 Å². The summed E-state index contributed by atoms with van der Waals surface area (Å²) in [6.07, 6.45) is 2.79. The third-order valence-corrected chi connectivity index (χ3v) is 2.93. The molecule has 3 nitrogen and oxygen atoms in total. The summed E-state index contributed by atoms with van der Waals surface area (Å²) < 4.78 is 0. The van der Waals surface area contributed by atoms with Crippen LogP contribution >= 0.6 is 0 Å². The minimum Gasteiger partial charge on any atom is -0.478 e. The van der Waals surface area contributed by atoms with E-state index in [0.717, 1.165) is 39.4 Å². The molecule has 0 aliphatic heterocycles. The third-order valence-electron chi connectivity index (χ3n) is 2.93. The lowest BCUT2D eigenvalue weighted by atomic mass is 9.99. The zero-order valence-corrected chi connectivity index (χ0v) is 10.7. The Kier molecular flexibility index (Phi) is 3.15.